The Bertz CT molecular complexity index is 334. The molecule has 1 amide bonds. The summed E-state index contributed by atoms with van der Waals surface area (Å²) in [7, 11) is 0. The molecule has 0 saturated carbocycles. The number of hydrogen-bond donors (Lipinski definition) is 2. The van der Waals surface area contributed by atoms with Crippen LogP contribution < -0.4 is 5.32 Å². The van der Waals surface area contributed by atoms with Gasteiger partial charge < -0.3 is 5.32 Å². The van der Waals surface area contributed by atoms with Crippen LogP contribution in [0.1, 0.15) is 13.8 Å². The van der Waals surface area contributed by atoms with Crippen LogP contribution in [0.2, 0.25) is 0 Å². The van der Waals surface area contributed by atoms with Gasteiger partial charge in [0, 0.05) is 0 Å². The Morgan fingerprint density at radius 2 is 2.46 bits per heavy atom. The molecule has 6 nitrogen and oxygen atoms in total. The standard InChI is InChI=1S/C7H9N5O/c1-7(2,4-8)6(13)10-5-3-9-12-11-5/h3H,1-2H3,(H2,9,10,11,12,13). The van der Waals surface area contributed by atoms with E-state index in [-0.39, 0.29) is 0 Å². The predicted molar refractivity (Wildman–Crippen MR) is 44.4 cm³/mol. The molecule has 0 aromatic carbocycles. The fraction of sp³-hybridized carbons (Fsp3) is 0.429. The Morgan fingerprint density at radius 3 is 2.92 bits per heavy atom. The van der Waals surface area contributed by atoms with Crippen LogP contribution in [0, 0.1) is 16.7 Å². The molecule has 2 N–H and O–H groups in total. The number of H-pyrrole nitrogens is 1. The minimum Gasteiger partial charge on any atom is -0.306 e. The third kappa shape index (κ3) is 2.02. The number of aromatic nitrogens is 3. The summed E-state index contributed by atoms with van der Waals surface area (Å²) in [6.45, 7) is 3.06. The van der Waals surface area contributed by atoms with Crippen molar-refractivity contribution in [2.24, 2.45) is 5.41 Å². The van der Waals surface area contributed by atoms with Crippen molar-refractivity contribution in [2.45, 2.75) is 13.8 Å². The fourth-order valence-electron chi connectivity index (χ4n) is 0.585. The number of nitrogens with zero attached hydrogens (tertiary/aromatic N) is 3. The van der Waals surface area contributed by atoms with E-state index in [2.05, 4.69) is 20.7 Å². The van der Waals surface area contributed by atoms with Crippen LogP contribution in [0.4, 0.5) is 5.82 Å². The van der Waals surface area contributed by atoms with E-state index in [1.165, 1.54) is 20.0 Å². The number of carbonyl (C=O) groups excluding carboxylic acids is 1. The molecule has 0 atom stereocenters. The summed E-state index contributed by atoms with van der Waals surface area (Å²) >= 11 is 0. The summed E-state index contributed by atoms with van der Waals surface area (Å²) in [6.07, 6.45) is 1.37. The highest BCUT2D eigenvalue weighted by Crippen LogP contribution is 2.15. The Kier molecular flexibility index (Phi) is 2.28. The van der Waals surface area contributed by atoms with E-state index in [1.54, 1.807) is 0 Å². The molecular weight excluding hydrogens is 170 g/mol. The van der Waals surface area contributed by atoms with Crippen LogP contribution in [0.15, 0.2) is 6.20 Å². The molecule has 0 aliphatic heterocycles. The highest BCUT2D eigenvalue weighted by atomic mass is 16.2. The number of aromatic amines is 1. The molecule has 13 heavy (non-hydrogen) atoms. The van der Waals surface area contributed by atoms with Gasteiger partial charge in [-0.25, -0.2) is 0 Å². The maximum atomic E-state index is 11.3. The minimum atomic E-state index is -1.06. The second kappa shape index (κ2) is 3.23. The zero-order valence-corrected chi connectivity index (χ0v) is 7.33. The lowest BCUT2D eigenvalue weighted by Gasteiger charge is -2.12. The maximum Gasteiger partial charge on any atom is 0.245 e. The first kappa shape index (κ1) is 9.19. The largest absolute Gasteiger partial charge is 0.306 e. The molecule has 0 aliphatic rings. The summed E-state index contributed by atoms with van der Waals surface area (Å²) in [5.41, 5.74) is -1.06. The van der Waals surface area contributed by atoms with Gasteiger partial charge in [-0.2, -0.15) is 15.6 Å². The molecule has 1 aromatic heterocycles. The molecule has 1 rings (SSSR count). The average molecular weight is 179 g/mol. The number of rotatable bonds is 2. The van der Waals surface area contributed by atoms with E-state index in [4.69, 9.17) is 5.26 Å². The van der Waals surface area contributed by atoms with Gasteiger partial charge in [0.15, 0.2) is 5.82 Å². The number of carbonyl (C=O) groups is 1. The molecule has 1 aromatic rings. The van der Waals surface area contributed by atoms with E-state index >= 15 is 0 Å². The molecule has 1 heterocycles. The lowest BCUT2D eigenvalue weighted by atomic mass is 9.95. The van der Waals surface area contributed by atoms with Crippen molar-refractivity contribution >= 4 is 11.7 Å². The van der Waals surface area contributed by atoms with Gasteiger partial charge in [-0.15, -0.1) is 5.10 Å². The summed E-state index contributed by atoms with van der Waals surface area (Å²) in [5.74, 6) is -0.0859. The minimum absolute atomic E-state index is 0.313. The fourth-order valence-corrected chi connectivity index (χ4v) is 0.585. The number of nitriles is 1. The summed E-state index contributed by atoms with van der Waals surface area (Å²) in [6, 6.07) is 1.88. The van der Waals surface area contributed by atoms with Crippen LogP contribution in [0.5, 0.6) is 0 Å². The van der Waals surface area contributed by atoms with Gasteiger partial charge in [-0.05, 0) is 13.8 Å². The van der Waals surface area contributed by atoms with Gasteiger partial charge >= 0.3 is 0 Å². The molecule has 0 saturated heterocycles. The van der Waals surface area contributed by atoms with Crippen molar-refractivity contribution in [3.05, 3.63) is 6.20 Å². The Balaban J connectivity index is 2.68. The van der Waals surface area contributed by atoms with Crippen LogP contribution in [0.3, 0.4) is 0 Å². The predicted octanol–water partition coefficient (Wildman–Crippen LogP) is 0.293. The van der Waals surface area contributed by atoms with E-state index < -0.39 is 11.3 Å². The topological polar surface area (TPSA) is 94.5 Å². The quantitative estimate of drug-likeness (QED) is 0.682. The second-order valence-electron chi connectivity index (χ2n) is 3.05. The zero-order valence-electron chi connectivity index (χ0n) is 7.33. The van der Waals surface area contributed by atoms with Gasteiger partial charge in [0.05, 0.1) is 12.3 Å². The smallest absolute Gasteiger partial charge is 0.245 e. The van der Waals surface area contributed by atoms with Gasteiger partial charge in [-0.3, -0.25) is 4.79 Å². The highest BCUT2D eigenvalue weighted by Gasteiger charge is 2.27. The van der Waals surface area contributed by atoms with E-state index in [0.717, 1.165) is 0 Å². The van der Waals surface area contributed by atoms with Crippen LogP contribution in [-0.4, -0.2) is 21.3 Å². The number of nitrogens with one attached hydrogen (secondary N) is 2. The molecule has 68 valence electrons. The van der Waals surface area contributed by atoms with Crippen LogP contribution >= 0.6 is 0 Å². The third-order valence-electron chi connectivity index (χ3n) is 1.50. The van der Waals surface area contributed by atoms with Gasteiger partial charge in [0.25, 0.3) is 0 Å². The number of anilines is 1. The summed E-state index contributed by atoms with van der Waals surface area (Å²) in [4.78, 5) is 11.3. The second-order valence-corrected chi connectivity index (χ2v) is 3.05. The molecule has 0 fully saturated rings. The number of hydrogen-bond acceptors (Lipinski definition) is 4. The first-order valence-electron chi connectivity index (χ1n) is 3.65. The van der Waals surface area contributed by atoms with Crippen molar-refractivity contribution in [1.29, 1.82) is 5.26 Å². The van der Waals surface area contributed by atoms with E-state index in [1.807, 2.05) is 6.07 Å². The van der Waals surface area contributed by atoms with Crippen molar-refractivity contribution in [1.82, 2.24) is 15.4 Å². The van der Waals surface area contributed by atoms with Crippen molar-refractivity contribution in [2.75, 3.05) is 5.32 Å². The molecule has 0 spiro atoms. The van der Waals surface area contributed by atoms with E-state index in [0.29, 0.717) is 5.82 Å². The molecule has 6 heteroatoms. The first-order valence-corrected chi connectivity index (χ1v) is 3.65. The Labute approximate surface area is 74.9 Å². The molecule has 0 unspecified atom stereocenters. The summed E-state index contributed by atoms with van der Waals surface area (Å²) < 4.78 is 0. The first-order chi connectivity index (χ1) is 6.06. The maximum absolute atomic E-state index is 11.3. The lowest BCUT2D eigenvalue weighted by molar-refractivity contribution is -0.121. The van der Waals surface area contributed by atoms with Crippen LogP contribution in [0.25, 0.3) is 0 Å². The molecule has 0 aliphatic carbocycles. The van der Waals surface area contributed by atoms with Crippen LogP contribution in [-0.2, 0) is 4.79 Å². The lowest BCUT2D eigenvalue weighted by Crippen LogP contribution is -2.29. The Morgan fingerprint density at radius 1 is 1.77 bits per heavy atom. The average Bonchev–Trinajstić information content (AvgIpc) is 2.57. The van der Waals surface area contributed by atoms with Gasteiger partial charge in [0.2, 0.25) is 5.91 Å². The van der Waals surface area contributed by atoms with Gasteiger partial charge in [0.1, 0.15) is 5.41 Å². The van der Waals surface area contributed by atoms with Gasteiger partial charge in [-0.1, -0.05) is 0 Å². The van der Waals surface area contributed by atoms with Crippen molar-refractivity contribution in [3.8, 4) is 6.07 Å². The zero-order chi connectivity index (χ0) is 9.90. The highest BCUT2D eigenvalue weighted by molar-refractivity contribution is 5.95. The molecule has 0 radical (unpaired) electrons. The molecule has 0 bridgehead atoms. The number of amides is 1. The van der Waals surface area contributed by atoms with Crippen molar-refractivity contribution < 1.29 is 4.79 Å². The van der Waals surface area contributed by atoms with E-state index in [9.17, 15) is 4.79 Å². The molecular formula is C7H9N5O. The monoisotopic (exact) mass is 179 g/mol. The Hall–Kier alpha value is -1.90. The summed E-state index contributed by atoms with van der Waals surface area (Å²) in [5, 5.41) is 20.6. The van der Waals surface area contributed by atoms with Crippen molar-refractivity contribution in [3.63, 3.8) is 0 Å². The normalized spacial score (nSPS) is 10.5. The third-order valence-corrected chi connectivity index (χ3v) is 1.50. The SMILES string of the molecule is CC(C)(C#N)C(=O)Nc1cn[nH]n1.